The number of nitrogens with zero attached hydrogens (tertiary/aromatic N) is 1. The largest absolute Gasteiger partial charge is 0.459 e. The molecule has 1 amide bonds. The molecule has 0 aliphatic heterocycles. The highest BCUT2D eigenvalue weighted by atomic mass is 16.3. The standard InChI is InChI=1S/C14H18N2O2/c1-10(16(3)14(17)9-15-2)13-8-11-6-4-5-7-12(11)18-13/h4-8,10,15H,9H2,1-3H3. The number of fused-ring (bicyclic) bond motifs is 1. The number of furan rings is 1. The molecule has 1 atom stereocenters. The van der Waals surface area contributed by atoms with Gasteiger partial charge in [0.15, 0.2) is 0 Å². The van der Waals surface area contributed by atoms with Crippen LogP contribution in [0.1, 0.15) is 18.7 Å². The molecule has 1 unspecified atom stereocenters. The van der Waals surface area contributed by atoms with Gasteiger partial charge >= 0.3 is 0 Å². The van der Waals surface area contributed by atoms with Crippen LogP contribution in [0.5, 0.6) is 0 Å². The lowest BCUT2D eigenvalue weighted by molar-refractivity contribution is -0.131. The van der Waals surface area contributed by atoms with Crippen molar-refractivity contribution < 1.29 is 9.21 Å². The van der Waals surface area contributed by atoms with Crippen LogP contribution in [0.3, 0.4) is 0 Å². The molecule has 0 saturated heterocycles. The van der Waals surface area contributed by atoms with E-state index >= 15 is 0 Å². The number of para-hydroxylation sites is 1. The molecule has 0 fully saturated rings. The first-order valence-electron chi connectivity index (χ1n) is 6.02. The highest BCUT2D eigenvalue weighted by Crippen LogP contribution is 2.26. The molecule has 96 valence electrons. The van der Waals surface area contributed by atoms with Gasteiger partial charge in [-0.05, 0) is 26.1 Å². The minimum Gasteiger partial charge on any atom is -0.459 e. The molecule has 1 N–H and O–H groups in total. The number of nitrogens with one attached hydrogen (secondary N) is 1. The Hall–Kier alpha value is -1.81. The van der Waals surface area contributed by atoms with Crippen molar-refractivity contribution in [3.05, 3.63) is 36.1 Å². The van der Waals surface area contributed by atoms with E-state index in [1.807, 2.05) is 37.3 Å². The number of carbonyl (C=O) groups excluding carboxylic acids is 1. The van der Waals surface area contributed by atoms with E-state index < -0.39 is 0 Å². The van der Waals surface area contributed by atoms with E-state index in [9.17, 15) is 4.79 Å². The number of likely N-dealkylation sites (N-methyl/N-ethyl adjacent to an activating group) is 2. The Labute approximate surface area is 107 Å². The third-order valence-electron chi connectivity index (χ3n) is 3.16. The molecule has 0 spiro atoms. The maximum Gasteiger partial charge on any atom is 0.236 e. The van der Waals surface area contributed by atoms with E-state index in [0.717, 1.165) is 16.7 Å². The maximum absolute atomic E-state index is 11.8. The third kappa shape index (κ3) is 2.38. The average Bonchev–Trinajstić information content (AvgIpc) is 2.81. The Morgan fingerprint density at radius 2 is 2.17 bits per heavy atom. The highest BCUT2D eigenvalue weighted by Gasteiger charge is 2.19. The Bertz CT molecular complexity index is 514. The second-order valence-electron chi connectivity index (χ2n) is 4.40. The summed E-state index contributed by atoms with van der Waals surface area (Å²) in [6.45, 7) is 2.30. The molecule has 0 radical (unpaired) electrons. The van der Waals surface area contributed by atoms with Crippen LogP contribution in [0.2, 0.25) is 0 Å². The molecule has 4 heteroatoms. The van der Waals surface area contributed by atoms with Gasteiger partial charge in [-0.3, -0.25) is 4.79 Å². The first-order chi connectivity index (χ1) is 8.63. The van der Waals surface area contributed by atoms with Crippen molar-refractivity contribution in [2.75, 3.05) is 20.6 Å². The molecule has 0 aliphatic carbocycles. The van der Waals surface area contributed by atoms with Gasteiger partial charge in [0.25, 0.3) is 0 Å². The van der Waals surface area contributed by atoms with Crippen LogP contribution >= 0.6 is 0 Å². The van der Waals surface area contributed by atoms with Crippen molar-refractivity contribution in [3.63, 3.8) is 0 Å². The van der Waals surface area contributed by atoms with Gasteiger partial charge in [-0.15, -0.1) is 0 Å². The molecular weight excluding hydrogens is 228 g/mol. The second-order valence-corrected chi connectivity index (χ2v) is 4.40. The lowest BCUT2D eigenvalue weighted by atomic mass is 10.2. The molecule has 0 aliphatic rings. The fourth-order valence-corrected chi connectivity index (χ4v) is 1.89. The second kappa shape index (κ2) is 5.23. The number of hydrogen-bond acceptors (Lipinski definition) is 3. The predicted molar refractivity (Wildman–Crippen MR) is 71.3 cm³/mol. The van der Waals surface area contributed by atoms with E-state index in [1.165, 1.54) is 0 Å². The Morgan fingerprint density at radius 1 is 1.44 bits per heavy atom. The van der Waals surface area contributed by atoms with E-state index in [-0.39, 0.29) is 11.9 Å². The van der Waals surface area contributed by atoms with Crippen LogP contribution < -0.4 is 5.32 Å². The SMILES string of the molecule is CNCC(=O)N(C)C(C)c1cc2ccccc2o1. The van der Waals surface area contributed by atoms with Crippen molar-refractivity contribution in [2.45, 2.75) is 13.0 Å². The van der Waals surface area contributed by atoms with Gasteiger partial charge < -0.3 is 14.6 Å². The number of benzene rings is 1. The Morgan fingerprint density at radius 3 is 2.83 bits per heavy atom. The zero-order chi connectivity index (χ0) is 13.1. The van der Waals surface area contributed by atoms with Crippen molar-refractivity contribution in [3.8, 4) is 0 Å². The fourth-order valence-electron chi connectivity index (χ4n) is 1.89. The zero-order valence-electron chi connectivity index (χ0n) is 10.9. The summed E-state index contributed by atoms with van der Waals surface area (Å²) in [5.74, 6) is 0.855. The number of rotatable bonds is 4. The summed E-state index contributed by atoms with van der Waals surface area (Å²) in [5.41, 5.74) is 0.855. The summed E-state index contributed by atoms with van der Waals surface area (Å²) in [6, 6.07) is 9.77. The fraction of sp³-hybridized carbons (Fsp3) is 0.357. The lowest BCUT2D eigenvalue weighted by Crippen LogP contribution is -2.35. The topological polar surface area (TPSA) is 45.5 Å². The number of hydrogen-bond donors (Lipinski definition) is 1. The molecule has 18 heavy (non-hydrogen) atoms. The van der Waals surface area contributed by atoms with Gasteiger partial charge in [-0.2, -0.15) is 0 Å². The molecule has 2 aromatic rings. The molecule has 1 heterocycles. The maximum atomic E-state index is 11.8. The van der Waals surface area contributed by atoms with Gasteiger partial charge in [0, 0.05) is 12.4 Å². The van der Waals surface area contributed by atoms with Crippen LogP contribution in [0, 0.1) is 0 Å². The zero-order valence-corrected chi connectivity index (χ0v) is 10.9. The van der Waals surface area contributed by atoms with Gasteiger partial charge in [-0.1, -0.05) is 18.2 Å². The number of carbonyl (C=O) groups is 1. The Kier molecular flexibility index (Phi) is 3.67. The molecule has 2 rings (SSSR count). The highest BCUT2D eigenvalue weighted by molar-refractivity contribution is 5.80. The first-order valence-corrected chi connectivity index (χ1v) is 6.02. The number of amides is 1. The smallest absolute Gasteiger partial charge is 0.236 e. The average molecular weight is 246 g/mol. The normalized spacial score (nSPS) is 12.6. The minimum atomic E-state index is -0.0711. The van der Waals surface area contributed by atoms with Crippen molar-refractivity contribution in [1.82, 2.24) is 10.2 Å². The first kappa shape index (κ1) is 12.6. The monoisotopic (exact) mass is 246 g/mol. The molecule has 1 aromatic heterocycles. The van der Waals surface area contributed by atoms with E-state index in [1.54, 1.807) is 19.0 Å². The molecule has 1 aromatic carbocycles. The van der Waals surface area contributed by atoms with Crippen molar-refractivity contribution in [1.29, 1.82) is 0 Å². The van der Waals surface area contributed by atoms with E-state index in [2.05, 4.69) is 5.32 Å². The quantitative estimate of drug-likeness (QED) is 0.899. The summed E-state index contributed by atoms with van der Waals surface area (Å²) in [4.78, 5) is 13.5. The summed E-state index contributed by atoms with van der Waals surface area (Å²) in [5, 5.41) is 3.92. The lowest BCUT2D eigenvalue weighted by Gasteiger charge is -2.23. The summed E-state index contributed by atoms with van der Waals surface area (Å²) < 4.78 is 5.76. The van der Waals surface area contributed by atoms with Crippen LogP contribution in [-0.2, 0) is 4.79 Å². The molecule has 4 nitrogen and oxygen atoms in total. The van der Waals surface area contributed by atoms with E-state index in [0.29, 0.717) is 6.54 Å². The predicted octanol–water partition coefficient (Wildman–Crippen LogP) is 2.17. The van der Waals surface area contributed by atoms with Crippen molar-refractivity contribution in [2.24, 2.45) is 0 Å². The van der Waals surface area contributed by atoms with Gasteiger partial charge in [0.05, 0.1) is 12.6 Å². The van der Waals surface area contributed by atoms with Crippen LogP contribution in [-0.4, -0.2) is 31.4 Å². The third-order valence-corrected chi connectivity index (χ3v) is 3.16. The van der Waals surface area contributed by atoms with Gasteiger partial charge in [-0.25, -0.2) is 0 Å². The molecule has 0 bridgehead atoms. The molecular formula is C14H18N2O2. The van der Waals surface area contributed by atoms with E-state index in [4.69, 9.17) is 4.42 Å². The summed E-state index contributed by atoms with van der Waals surface area (Å²) >= 11 is 0. The van der Waals surface area contributed by atoms with Gasteiger partial charge in [0.2, 0.25) is 5.91 Å². The van der Waals surface area contributed by atoms with Crippen LogP contribution in [0.25, 0.3) is 11.0 Å². The van der Waals surface area contributed by atoms with Crippen molar-refractivity contribution >= 4 is 16.9 Å². The van der Waals surface area contributed by atoms with Gasteiger partial charge in [0.1, 0.15) is 11.3 Å². The summed E-state index contributed by atoms with van der Waals surface area (Å²) in [7, 11) is 3.55. The Balaban J connectivity index is 2.22. The van der Waals surface area contributed by atoms with Crippen LogP contribution in [0.4, 0.5) is 0 Å². The van der Waals surface area contributed by atoms with Crippen LogP contribution in [0.15, 0.2) is 34.7 Å². The molecule has 0 saturated carbocycles. The summed E-state index contributed by atoms with van der Waals surface area (Å²) in [6.07, 6.45) is 0. The minimum absolute atomic E-state index is 0.0467.